The van der Waals surface area contributed by atoms with Crippen LogP contribution in [0.2, 0.25) is 0 Å². The minimum atomic E-state index is -0.101. The molecule has 1 aliphatic heterocycles. The Morgan fingerprint density at radius 1 is 1.48 bits per heavy atom. The Kier molecular flexibility index (Phi) is 3.43. The van der Waals surface area contributed by atoms with Gasteiger partial charge >= 0.3 is 0 Å². The molecule has 3 heterocycles. The quantitative estimate of drug-likeness (QED) is 0.825. The fourth-order valence-corrected chi connectivity index (χ4v) is 4.17. The van der Waals surface area contributed by atoms with Gasteiger partial charge in [0.1, 0.15) is 6.07 Å². The number of hydrogen-bond donors (Lipinski definition) is 2. The van der Waals surface area contributed by atoms with Crippen LogP contribution in [0.25, 0.3) is 10.6 Å². The SMILES string of the molecule is N#CC1=C(N)Oc2n[nH]c(-c3cccs3)c2[C@@H]1[C@H]1C=CCCC1. The highest BCUT2D eigenvalue weighted by atomic mass is 32.1. The number of ether oxygens (including phenoxy) is 1. The molecule has 0 radical (unpaired) electrons. The molecule has 4 rings (SSSR count). The summed E-state index contributed by atoms with van der Waals surface area (Å²) in [7, 11) is 0. The normalized spacial score (nSPS) is 23.3. The van der Waals surface area contributed by atoms with E-state index in [2.05, 4.69) is 28.4 Å². The highest BCUT2D eigenvalue weighted by molar-refractivity contribution is 7.13. The van der Waals surface area contributed by atoms with E-state index in [0.717, 1.165) is 35.4 Å². The second-order valence-corrected chi connectivity index (χ2v) is 6.73. The van der Waals surface area contributed by atoms with E-state index in [1.165, 1.54) is 0 Å². The van der Waals surface area contributed by atoms with Gasteiger partial charge in [0.05, 0.1) is 21.7 Å². The van der Waals surface area contributed by atoms with Gasteiger partial charge in [0.25, 0.3) is 0 Å². The third-order valence-electron chi connectivity index (χ3n) is 4.47. The number of aromatic nitrogens is 2. The van der Waals surface area contributed by atoms with Crippen LogP contribution in [0.4, 0.5) is 0 Å². The van der Waals surface area contributed by atoms with Crippen molar-refractivity contribution in [2.75, 3.05) is 0 Å². The van der Waals surface area contributed by atoms with E-state index in [1.54, 1.807) is 11.3 Å². The zero-order valence-corrected chi connectivity index (χ0v) is 13.3. The highest BCUT2D eigenvalue weighted by Crippen LogP contribution is 2.48. The van der Waals surface area contributed by atoms with Crippen LogP contribution in [0.5, 0.6) is 5.88 Å². The van der Waals surface area contributed by atoms with Crippen LogP contribution in [0.3, 0.4) is 0 Å². The van der Waals surface area contributed by atoms with Crippen LogP contribution in [-0.4, -0.2) is 10.2 Å². The lowest BCUT2D eigenvalue weighted by atomic mass is 9.75. The molecule has 2 atom stereocenters. The lowest BCUT2D eigenvalue weighted by molar-refractivity contribution is 0.355. The number of nitrogens with two attached hydrogens (primary N) is 1. The predicted molar refractivity (Wildman–Crippen MR) is 88.6 cm³/mol. The average Bonchev–Trinajstić information content (AvgIpc) is 3.23. The molecule has 2 aromatic heterocycles. The lowest BCUT2D eigenvalue weighted by Crippen LogP contribution is -2.25. The summed E-state index contributed by atoms with van der Waals surface area (Å²) in [6.07, 6.45) is 7.65. The van der Waals surface area contributed by atoms with Crippen molar-refractivity contribution >= 4 is 11.3 Å². The van der Waals surface area contributed by atoms with Crippen molar-refractivity contribution in [3.05, 3.63) is 46.7 Å². The van der Waals surface area contributed by atoms with Crippen molar-refractivity contribution in [2.45, 2.75) is 25.2 Å². The van der Waals surface area contributed by atoms with Gasteiger partial charge in [-0.25, -0.2) is 0 Å². The first kappa shape index (κ1) is 14.1. The molecule has 0 bridgehead atoms. The van der Waals surface area contributed by atoms with E-state index in [9.17, 15) is 5.26 Å². The van der Waals surface area contributed by atoms with E-state index in [0.29, 0.717) is 11.5 Å². The van der Waals surface area contributed by atoms with E-state index in [4.69, 9.17) is 10.5 Å². The molecule has 0 saturated carbocycles. The van der Waals surface area contributed by atoms with Crippen molar-refractivity contribution in [1.29, 1.82) is 5.26 Å². The Bertz CT molecular complexity index is 825. The van der Waals surface area contributed by atoms with Crippen molar-refractivity contribution in [3.8, 4) is 22.5 Å². The molecule has 0 unspecified atom stereocenters. The first-order valence-electron chi connectivity index (χ1n) is 7.66. The summed E-state index contributed by atoms with van der Waals surface area (Å²) in [5, 5.41) is 19.0. The molecule has 0 aromatic carbocycles. The standard InChI is InChI=1S/C17H16N4OS/c18-9-11-13(10-5-2-1-3-6-10)14-15(12-7-4-8-23-12)20-21-17(14)22-16(11)19/h2,4-5,7-8,10,13H,1,3,6,19H2,(H,20,21)/t10-,13+/m0/s1. The first-order valence-corrected chi connectivity index (χ1v) is 8.54. The van der Waals surface area contributed by atoms with Crippen LogP contribution in [0.1, 0.15) is 30.7 Å². The number of nitrogens with one attached hydrogen (secondary N) is 1. The highest BCUT2D eigenvalue weighted by Gasteiger charge is 2.38. The number of aromatic amines is 1. The van der Waals surface area contributed by atoms with Crippen molar-refractivity contribution in [1.82, 2.24) is 10.2 Å². The molecule has 5 nitrogen and oxygen atoms in total. The van der Waals surface area contributed by atoms with Crippen molar-refractivity contribution in [2.24, 2.45) is 11.7 Å². The zero-order valence-electron chi connectivity index (χ0n) is 12.5. The number of fused-ring (bicyclic) bond motifs is 1. The van der Waals surface area contributed by atoms with E-state index < -0.39 is 0 Å². The number of thiophene rings is 1. The predicted octanol–water partition coefficient (Wildman–Crippen LogP) is 3.66. The summed E-state index contributed by atoms with van der Waals surface area (Å²) in [6, 6.07) is 6.31. The van der Waals surface area contributed by atoms with Crippen LogP contribution in [0, 0.1) is 17.2 Å². The summed E-state index contributed by atoms with van der Waals surface area (Å²) in [6.45, 7) is 0. The average molecular weight is 324 g/mol. The van der Waals surface area contributed by atoms with Gasteiger partial charge in [0, 0.05) is 5.92 Å². The van der Waals surface area contributed by atoms with Gasteiger partial charge in [-0.1, -0.05) is 18.2 Å². The van der Waals surface area contributed by atoms with Crippen molar-refractivity contribution in [3.63, 3.8) is 0 Å². The molecule has 1 aliphatic carbocycles. The Hall–Kier alpha value is -2.52. The summed E-state index contributed by atoms with van der Waals surface area (Å²) < 4.78 is 5.61. The Morgan fingerprint density at radius 2 is 2.39 bits per heavy atom. The third kappa shape index (κ3) is 2.25. The maximum absolute atomic E-state index is 9.63. The largest absolute Gasteiger partial charge is 0.420 e. The number of allylic oxidation sites excluding steroid dienone is 3. The summed E-state index contributed by atoms with van der Waals surface area (Å²) in [4.78, 5) is 1.09. The maximum Gasteiger partial charge on any atom is 0.244 e. The molecule has 0 spiro atoms. The molecule has 116 valence electrons. The minimum Gasteiger partial charge on any atom is -0.420 e. The van der Waals surface area contributed by atoms with Gasteiger partial charge in [-0.2, -0.15) is 5.26 Å². The number of nitriles is 1. The third-order valence-corrected chi connectivity index (χ3v) is 5.36. The topological polar surface area (TPSA) is 87.7 Å². The van der Waals surface area contributed by atoms with Crippen LogP contribution in [0.15, 0.2) is 41.1 Å². The minimum absolute atomic E-state index is 0.101. The van der Waals surface area contributed by atoms with E-state index in [1.807, 2.05) is 17.5 Å². The van der Waals surface area contributed by atoms with Crippen LogP contribution in [-0.2, 0) is 0 Å². The number of H-pyrrole nitrogens is 1. The fourth-order valence-electron chi connectivity index (χ4n) is 3.43. The van der Waals surface area contributed by atoms with E-state index >= 15 is 0 Å². The monoisotopic (exact) mass is 324 g/mol. The fraction of sp³-hybridized carbons (Fsp3) is 0.294. The molecular formula is C17H16N4OS. The zero-order chi connectivity index (χ0) is 15.8. The van der Waals surface area contributed by atoms with Gasteiger partial charge in [-0.15, -0.1) is 16.4 Å². The maximum atomic E-state index is 9.63. The van der Waals surface area contributed by atoms with E-state index in [-0.39, 0.29) is 17.7 Å². The summed E-state index contributed by atoms with van der Waals surface area (Å²) >= 11 is 1.64. The molecule has 23 heavy (non-hydrogen) atoms. The van der Waals surface area contributed by atoms with Gasteiger partial charge < -0.3 is 10.5 Å². The number of hydrogen-bond acceptors (Lipinski definition) is 5. The molecule has 0 amide bonds. The number of nitrogens with zero attached hydrogens (tertiary/aromatic N) is 2. The molecule has 3 N–H and O–H groups in total. The van der Waals surface area contributed by atoms with Gasteiger partial charge in [-0.05, 0) is 36.6 Å². The second kappa shape index (κ2) is 5.60. The molecular weight excluding hydrogens is 308 g/mol. The second-order valence-electron chi connectivity index (χ2n) is 5.79. The smallest absolute Gasteiger partial charge is 0.244 e. The molecule has 0 fully saturated rings. The molecule has 2 aromatic rings. The first-order chi connectivity index (χ1) is 11.3. The molecule has 2 aliphatic rings. The molecule has 0 saturated heterocycles. The Labute approximate surface area is 138 Å². The van der Waals surface area contributed by atoms with Gasteiger partial charge in [0.15, 0.2) is 0 Å². The number of rotatable bonds is 2. The Morgan fingerprint density at radius 3 is 3.09 bits per heavy atom. The summed E-state index contributed by atoms with van der Waals surface area (Å²) in [5.41, 5.74) is 8.38. The summed E-state index contributed by atoms with van der Waals surface area (Å²) in [5.74, 6) is 0.814. The van der Waals surface area contributed by atoms with Crippen molar-refractivity contribution < 1.29 is 4.74 Å². The van der Waals surface area contributed by atoms with Crippen LogP contribution >= 0.6 is 11.3 Å². The van der Waals surface area contributed by atoms with Crippen LogP contribution < -0.4 is 10.5 Å². The van der Waals surface area contributed by atoms with Gasteiger partial charge in [-0.3, -0.25) is 5.10 Å². The molecule has 6 heteroatoms. The Balaban J connectivity index is 1.89. The van der Waals surface area contributed by atoms with Gasteiger partial charge in [0.2, 0.25) is 11.8 Å². The lowest BCUT2D eigenvalue weighted by Gasteiger charge is -2.30.